The number of benzene rings is 1. The minimum absolute atomic E-state index is 0.290. The minimum atomic E-state index is -0.632. The van der Waals surface area contributed by atoms with Crippen molar-refractivity contribution in [2.75, 3.05) is 5.32 Å². The van der Waals surface area contributed by atoms with E-state index in [4.69, 9.17) is 11.0 Å². The van der Waals surface area contributed by atoms with Gasteiger partial charge in [0.05, 0.1) is 17.3 Å². The smallest absolute Gasteiger partial charge is 0.241 e. The second-order valence-corrected chi connectivity index (χ2v) is 6.05. The van der Waals surface area contributed by atoms with E-state index in [1.165, 1.54) is 0 Å². The number of nitrogens with zero attached hydrogens (tertiary/aromatic N) is 1. The quantitative estimate of drug-likeness (QED) is 0.881. The minimum Gasteiger partial charge on any atom is -0.324 e. The third-order valence-electron chi connectivity index (χ3n) is 2.58. The third-order valence-corrected chi connectivity index (χ3v) is 3.07. The summed E-state index contributed by atoms with van der Waals surface area (Å²) in [6.45, 7) is 5.68. The van der Waals surface area contributed by atoms with Crippen molar-refractivity contribution in [1.29, 1.82) is 5.26 Å². The van der Waals surface area contributed by atoms with Crippen LogP contribution in [0.5, 0.6) is 0 Å². The molecule has 1 aromatic rings. The van der Waals surface area contributed by atoms with Gasteiger partial charge in [0.2, 0.25) is 5.91 Å². The van der Waals surface area contributed by atoms with Crippen molar-refractivity contribution in [2.45, 2.75) is 26.8 Å². The number of nitrogens with two attached hydrogens (primary N) is 1. The number of carbonyl (C=O) groups excluding carboxylic acids is 1. The van der Waals surface area contributed by atoms with Crippen LogP contribution in [-0.4, -0.2) is 11.9 Å². The van der Waals surface area contributed by atoms with Crippen LogP contribution in [0.15, 0.2) is 22.7 Å². The molecule has 1 aromatic carbocycles. The summed E-state index contributed by atoms with van der Waals surface area (Å²) >= 11 is 3.28. The van der Waals surface area contributed by atoms with Gasteiger partial charge in [-0.15, -0.1) is 0 Å². The highest BCUT2D eigenvalue weighted by Crippen LogP contribution is 2.22. The molecule has 0 unspecified atom stereocenters. The van der Waals surface area contributed by atoms with Crippen LogP contribution in [0, 0.1) is 16.7 Å². The number of nitrogens with one attached hydrogen (secondary N) is 1. The Hall–Kier alpha value is -1.38. The largest absolute Gasteiger partial charge is 0.324 e. The van der Waals surface area contributed by atoms with Crippen LogP contribution in [0.3, 0.4) is 0 Å². The van der Waals surface area contributed by atoms with Gasteiger partial charge in [0.15, 0.2) is 0 Å². The molecule has 0 saturated carbocycles. The number of carbonyl (C=O) groups is 1. The summed E-state index contributed by atoms with van der Waals surface area (Å²) in [5, 5.41) is 11.7. The molecule has 96 valence electrons. The lowest BCUT2D eigenvalue weighted by molar-refractivity contribution is -0.119. The lowest BCUT2D eigenvalue weighted by Gasteiger charge is -2.26. The Balaban J connectivity index is 2.93. The second-order valence-electron chi connectivity index (χ2n) is 5.13. The molecule has 0 aromatic heterocycles. The Kier molecular flexibility index (Phi) is 4.49. The number of halogens is 1. The number of hydrogen-bond acceptors (Lipinski definition) is 3. The molecular weight excluding hydrogens is 294 g/mol. The summed E-state index contributed by atoms with van der Waals surface area (Å²) in [7, 11) is 0. The predicted octanol–water partition coefficient (Wildman–Crippen LogP) is 2.63. The maximum atomic E-state index is 12.0. The standard InChI is InChI=1S/C13H16BrN3O/c1-13(2,3)11(16)12(18)17-10-5-4-9(14)6-8(10)7-15/h4-6,11H,16H2,1-3H3,(H,17,18)/t11-/m0/s1. The summed E-state index contributed by atoms with van der Waals surface area (Å²) in [4.78, 5) is 12.0. The number of amides is 1. The fourth-order valence-electron chi connectivity index (χ4n) is 1.32. The molecule has 0 aliphatic carbocycles. The summed E-state index contributed by atoms with van der Waals surface area (Å²) < 4.78 is 0.789. The van der Waals surface area contributed by atoms with Gasteiger partial charge in [-0.3, -0.25) is 4.79 Å². The average molecular weight is 310 g/mol. The van der Waals surface area contributed by atoms with Crippen molar-refractivity contribution < 1.29 is 4.79 Å². The Labute approximate surface area is 115 Å². The number of nitriles is 1. The van der Waals surface area contributed by atoms with Gasteiger partial charge in [0.1, 0.15) is 6.07 Å². The van der Waals surface area contributed by atoms with Crippen LogP contribution in [0.2, 0.25) is 0 Å². The third kappa shape index (κ3) is 3.56. The molecule has 4 nitrogen and oxygen atoms in total. The summed E-state index contributed by atoms with van der Waals surface area (Å²) in [6.07, 6.45) is 0. The highest BCUT2D eigenvalue weighted by atomic mass is 79.9. The monoisotopic (exact) mass is 309 g/mol. The Morgan fingerprint density at radius 2 is 2.11 bits per heavy atom. The first-order valence-electron chi connectivity index (χ1n) is 5.52. The molecule has 0 bridgehead atoms. The fraction of sp³-hybridized carbons (Fsp3) is 0.385. The normalized spacial score (nSPS) is 12.7. The number of hydrogen-bond donors (Lipinski definition) is 2. The van der Waals surface area contributed by atoms with E-state index in [9.17, 15) is 4.79 Å². The van der Waals surface area contributed by atoms with E-state index < -0.39 is 6.04 Å². The van der Waals surface area contributed by atoms with Crippen molar-refractivity contribution in [1.82, 2.24) is 0 Å². The van der Waals surface area contributed by atoms with E-state index in [0.29, 0.717) is 11.3 Å². The molecule has 1 amide bonds. The first kappa shape index (κ1) is 14.7. The SMILES string of the molecule is CC(C)(C)[C@@H](N)C(=O)Nc1ccc(Br)cc1C#N. The lowest BCUT2D eigenvalue weighted by Crippen LogP contribution is -2.45. The van der Waals surface area contributed by atoms with E-state index in [1.54, 1.807) is 18.2 Å². The first-order valence-corrected chi connectivity index (χ1v) is 6.31. The van der Waals surface area contributed by atoms with Crippen LogP contribution in [0.25, 0.3) is 0 Å². The molecule has 0 heterocycles. The Morgan fingerprint density at radius 1 is 1.50 bits per heavy atom. The fourth-order valence-corrected chi connectivity index (χ4v) is 1.68. The molecule has 0 aliphatic heterocycles. The van der Waals surface area contributed by atoms with Crippen molar-refractivity contribution >= 4 is 27.5 Å². The topological polar surface area (TPSA) is 78.9 Å². The predicted molar refractivity (Wildman–Crippen MR) is 74.9 cm³/mol. The highest BCUT2D eigenvalue weighted by molar-refractivity contribution is 9.10. The van der Waals surface area contributed by atoms with Crippen LogP contribution < -0.4 is 11.1 Å². The van der Waals surface area contributed by atoms with Gasteiger partial charge in [-0.05, 0) is 23.6 Å². The van der Waals surface area contributed by atoms with Crippen LogP contribution in [0.4, 0.5) is 5.69 Å². The summed E-state index contributed by atoms with van der Waals surface area (Å²) in [5.41, 5.74) is 6.41. The Bertz CT molecular complexity index is 500. The van der Waals surface area contributed by atoms with E-state index in [1.807, 2.05) is 26.8 Å². The zero-order valence-electron chi connectivity index (χ0n) is 10.6. The van der Waals surface area contributed by atoms with Crippen molar-refractivity contribution in [3.05, 3.63) is 28.2 Å². The van der Waals surface area contributed by atoms with Crippen LogP contribution >= 0.6 is 15.9 Å². The highest BCUT2D eigenvalue weighted by Gasteiger charge is 2.27. The summed E-state index contributed by atoms with van der Waals surface area (Å²) in [6, 6.07) is 6.49. The molecule has 1 atom stereocenters. The maximum absolute atomic E-state index is 12.0. The van der Waals surface area contributed by atoms with Gasteiger partial charge in [-0.2, -0.15) is 5.26 Å². The van der Waals surface area contributed by atoms with E-state index in [2.05, 4.69) is 21.2 Å². The zero-order valence-corrected chi connectivity index (χ0v) is 12.2. The van der Waals surface area contributed by atoms with Crippen LogP contribution in [0.1, 0.15) is 26.3 Å². The number of rotatable bonds is 2. The second kappa shape index (κ2) is 5.51. The molecule has 0 radical (unpaired) electrons. The molecule has 0 fully saturated rings. The Morgan fingerprint density at radius 3 is 2.61 bits per heavy atom. The number of anilines is 1. The zero-order chi connectivity index (χ0) is 13.9. The maximum Gasteiger partial charge on any atom is 0.241 e. The van der Waals surface area contributed by atoms with Gasteiger partial charge in [-0.1, -0.05) is 36.7 Å². The van der Waals surface area contributed by atoms with Gasteiger partial charge in [0, 0.05) is 4.47 Å². The van der Waals surface area contributed by atoms with E-state index in [-0.39, 0.29) is 11.3 Å². The van der Waals surface area contributed by atoms with Gasteiger partial charge < -0.3 is 11.1 Å². The van der Waals surface area contributed by atoms with Gasteiger partial charge in [-0.25, -0.2) is 0 Å². The van der Waals surface area contributed by atoms with Gasteiger partial charge in [0.25, 0.3) is 0 Å². The summed E-state index contributed by atoms with van der Waals surface area (Å²) in [5.74, 6) is -0.290. The molecule has 0 aliphatic rings. The average Bonchev–Trinajstić information content (AvgIpc) is 2.29. The molecule has 0 spiro atoms. The first-order chi connectivity index (χ1) is 8.25. The molecule has 18 heavy (non-hydrogen) atoms. The van der Waals surface area contributed by atoms with Crippen molar-refractivity contribution in [3.63, 3.8) is 0 Å². The molecule has 3 N–H and O–H groups in total. The lowest BCUT2D eigenvalue weighted by atomic mass is 9.87. The molecule has 0 saturated heterocycles. The molecule has 1 rings (SSSR count). The van der Waals surface area contributed by atoms with E-state index in [0.717, 1.165) is 4.47 Å². The van der Waals surface area contributed by atoms with E-state index >= 15 is 0 Å². The molecular formula is C13H16BrN3O. The van der Waals surface area contributed by atoms with Crippen molar-refractivity contribution in [3.8, 4) is 6.07 Å². The molecule has 5 heteroatoms. The van der Waals surface area contributed by atoms with Gasteiger partial charge >= 0.3 is 0 Å². The van der Waals surface area contributed by atoms with Crippen molar-refractivity contribution in [2.24, 2.45) is 11.1 Å². The van der Waals surface area contributed by atoms with Crippen LogP contribution in [-0.2, 0) is 4.79 Å².